The van der Waals surface area contributed by atoms with E-state index >= 15 is 0 Å². The molecule has 1 aromatic rings. The van der Waals surface area contributed by atoms with Crippen LogP contribution in [0.25, 0.3) is 0 Å². The van der Waals surface area contributed by atoms with Crippen LogP contribution in [0.2, 0.25) is 5.02 Å². The summed E-state index contributed by atoms with van der Waals surface area (Å²) < 4.78 is 0. The molecule has 0 heterocycles. The van der Waals surface area contributed by atoms with Crippen molar-refractivity contribution in [2.45, 2.75) is 20.8 Å². The number of carbonyl (C=O) groups is 1. The average Bonchev–Trinajstić information content (AvgIpc) is 2.47. The molecule has 0 radical (unpaired) electrons. The van der Waals surface area contributed by atoms with Crippen LogP contribution in [0, 0.1) is 12.8 Å². The number of anilines is 1. The van der Waals surface area contributed by atoms with E-state index in [1.807, 2.05) is 19.9 Å². The fourth-order valence-corrected chi connectivity index (χ4v) is 1.93. The fourth-order valence-electron chi connectivity index (χ4n) is 1.75. The highest BCUT2D eigenvalue weighted by molar-refractivity contribution is 6.31. The smallest absolute Gasteiger partial charge is 0.321 e. The minimum atomic E-state index is -0.255. The molecular formula is C14H21ClN4O2. The van der Waals surface area contributed by atoms with E-state index in [1.54, 1.807) is 24.0 Å². The highest BCUT2D eigenvalue weighted by atomic mass is 35.5. The largest absolute Gasteiger partial charge is 0.409 e. The zero-order valence-electron chi connectivity index (χ0n) is 12.4. The molecule has 1 unspecified atom stereocenters. The Kier molecular flexibility index (Phi) is 6.30. The number of nitrogens with two attached hydrogens (primary N) is 1. The minimum Gasteiger partial charge on any atom is -0.409 e. The van der Waals surface area contributed by atoms with E-state index in [9.17, 15) is 4.79 Å². The number of carbonyl (C=O) groups excluding carboxylic acids is 1. The van der Waals surface area contributed by atoms with E-state index < -0.39 is 0 Å². The van der Waals surface area contributed by atoms with Crippen LogP contribution in [-0.4, -0.2) is 35.1 Å². The van der Waals surface area contributed by atoms with Gasteiger partial charge in [-0.25, -0.2) is 4.79 Å². The first kappa shape index (κ1) is 17.1. The molecule has 0 aliphatic carbocycles. The van der Waals surface area contributed by atoms with Gasteiger partial charge >= 0.3 is 6.03 Å². The number of nitrogens with zero attached hydrogens (tertiary/aromatic N) is 2. The number of amides is 2. The van der Waals surface area contributed by atoms with Gasteiger partial charge in [0.1, 0.15) is 5.84 Å². The Balaban J connectivity index is 2.73. The summed E-state index contributed by atoms with van der Waals surface area (Å²) in [6.07, 6.45) is 0. The van der Waals surface area contributed by atoms with Crippen LogP contribution in [0.5, 0.6) is 0 Å². The maximum absolute atomic E-state index is 12.2. The molecule has 0 saturated carbocycles. The summed E-state index contributed by atoms with van der Waals surface area (Å²) in [5.74, 6) is -0.137. The minimum absolute atomic E-state index is 0.0969. The van der Waals surface area contributed by atoms with Gasteiger partial charge in [-0.2, -0.15) is 0 Å². The zero-order chi connectivity index (χ0) is 16.0. The lowest BCUT2D eigenvalue weighted by molar-refractivity contribution is 0.210. The van der Waals surface area contributed by atoms with E-state index in [2.05, 4.69) is 10.5 Å². The molecule has 1 atom stereocenters. The molecule has 0 bridgehead atoms. The Morgan fingerprint density at radius 1 is 1.57 bits per heavy atom. The Morgan fingerprint density at radius 3 is 2.76 bits per heavy atom. The third-order valence-electron chi connectivity index (χ3n) is 3.21. The summed E-state index contributed by atoms with van der Waals surface area (Å²) in [4.78, 5) is 13.8. The number of hydrogen-bond donors (Lipinski definition) is 3. The van der Waals surface area contributed by atoms with Crippen molar-refractivity contribution in [3.05, 3.63) is 28.8 Å². The maximum atomic E-state index is 12.2. The maximum Gasteiger partial charge on any atom is 0.321 e. The van der Waals surface area contributed by atoms with Crippen LogP contribution < -0.4 is 11.1 Å². The standard InChI is InChI=1S/C14H21ClN4O2/c1-4-19(8-10(3)13(16)18-21)14(20)17-11-6-5-9(2)12(15)7-11/h5-7,10,21H,4,8H2,1-3H3,(H2,16,18)(H,17,20). The molecule has 0 spiro atoms. The first-order valence-electron chi connectivity index (χ1n) is 6.68. The molecule has 0 fully saturated rings. The number of aryl methyl sites for hydroxylation is 1. The highest BCUT2D eigenvalue weighted by Gasteiger charge is 2.17. The molecule has 0 aliphatic rings. The SMILES string of the molecule is CCN(CC(C)C(N)=NO)C(=O)Nc1ccc(C)c(Cl)c1. The molecule has 0 aliphatic heterocycles. The highest BCUT2D eigenvalue weighted by Crippen LogP contribution is 2.20. The van der Waals surface area contributed by atoms with Crippen molar-refractivity contribution in [1.29, 1.82) is 0 Å². The van der Waals surface area contributed by atoms with Gasteiger partial charge in [-0.15, -0.1) is 0 Å². The fraction of sp³-hybridized carbons (Fsp3) is 0.429. The topological polar surface area (TPSA) is 90.9 Å². The predicted octanol–water partition coefficient (Wildman–Crippen LogP) is 2.88. The Labute approximate surface area is 129 Å². The molecule has 6 nitrogen and oxygen atoms in total. The van der Waals surface area contributed by atoms with Gasteiger partial charge in [0.2, 0.25) is 0 Å². The molecule has 0 saturated heterocycles. The second-order valence-corrected chi connectivity index (χ2v) is 5.27. The number of amidine groups is 1. The Hall–Kier alpha value is -1.95. The number of rotatable bonds is 5. The molecule has 4 N–H and O–H groups in total. The third-order valence-corrected chi connectivity index (χ3v) is 3.61. The molecule has 1 aromatic carbocycles. The third kappa shape index (κ3) is 4.82. The van der Waals surface area contributed by atoms with Crippen molar-refractivity contribution in [1.82, 2.24) is 4.90 Å². The molecule has 7 heteroatoms. The van der Waals surface area contributed by atoms with Gasteiger partial charge in [-0.1, -0.05) is 29.7 Å². The van der Waals surface area contributed by atoms with Crippen LogP contribution in [-0.2, 0) is 0 Å². The number of hydrogen-bond acceptors (Lipinski definition) is 3. The van der Waals surface area contributed by atoms with Crippen LogP contribution in [0.1, 0.15) is 19.4 Å². The summed E-state index contributed by atoms with van der Waals surface area (Å²) >= 11 is 6.03. The normalized spacial score (nSPS) is 12.9. The molecular weight excluding hydrogens is 292 g/mol. The van der Waals surface area contributed by atoms with Gasteiger partial charge in [0, 0.05) is 29.7 Å². The van der Waals surface area contributed by atoms with E-state index in [1.165, 1.54) is 0 Å². The lowest BCUT2D eigenvalue weighted by Gasteiger charge is -2.24. The number of nitrogens with one attached hydrogen (secondary N) is 1. The van der Waals surface area contributed by atoms with E-state index in [-0.39, 0.29) is 17.8 Å². The molecule has 21 heavy (non-hydrogen) atoms. The van der Waals surface area contributed by atoms with Crippen LogP contribution in [0.15, 0.2) is 23.4 Å². The summed E-state index contributed by atoms with van der Waals surface area (Å²) in [6.45, 7) is 6.41. The number of halogens is 1. The number of benzene rings is 1. The van der Waals surface area contributed by atoms with Crippen molar-refractivity contribution in [2.75, 3.05) is 18.4 Å². The van der Waals surface area contributed by atoms with E-state index in [0.717, 1.165) is 5.56 Å². The van der Waals surface area contributed by atoms with Crippen LogP contribution in [0.3, 0.4) is 0 Å². The Bertz CT molecular complexity index is 534. The number of urea groups is 1. The first-order valence-corrected chi connectivity index (χ1v) is 7.06. The monoisotopic (exact) mass is 312 g/mol. The van der Waals surface area contributed by atoms with Gasteiger partial charge in [-0.3, -0.25) is 0 Å². The second kappa shape index (κ2) is 7.73. The molecule has 1 rings (SSSR count). The van der Waals surface area contributed by atoms with Crippen molar-refractivity contribution in [3.8, 4) is 0 Å². The zero-order valence-corrected chi connectivity index (χ0v) is 13.2. The van der Waals surface area contributed by atoms with Gasteiger partial charge in [0.15, 0.2) is 0 Å². The Morgan fingerprint density at radius 2 is 2.24 bits per heavy atom. The van der Waals surface area contributed by atoms with Crippen molar-refractivity contribution in [2.24, 2.45) is 16.8 Å². The first-order chi connectivity index (χ1) is 9.88. The summed E-state index contributed by atoms with van der Waals surface area (Å²) in [6, 6.07) is 5.08. The van der Waals surface area contributed by atoms with E-state index in [4.69, 9.17) is 22.5 Å². The van der Waals surface area contributed by atoms with Crippen LogP contribution >= 0.6 is 11.6 Å². The lowest BCUT2D eigenvalue weighted by atomic mass is 10.1. The van der Waals surface area contributed by atoms with Crippen LogP contribution in [0.4, 0.5) is 10.5 Å². The second-order valence-electron chi connectivity index (χ2n) is 4.86. The van der Waals surface area contributed by atoms with Gasteiger partial charge in [-0.05, 0) is 31.5 Å². The molecule has 116 valence electrons. The lowest BCUT2D eigenvalue weighted by Crippen LogP contribution is -2.41. The average molecular weight is 313 g/mol. The van der Waals surface area contributed by atoms with Gasteiger partial charge < -0.3 is 21.2 Å². The number of oxime groups is 1. The van der Waals surface area contributed by atoms with Crippen molar-refractivity contribution < 1.29 is 10.0 Å². The van der Waals surface area contributed by atoms with E-state index in [0.29, 0.717) is 23.8 Å². The summed E-state index contributed by atoms with van der Waals surface area (Å²) in [7, 11) is 0. The van der Waals surface area contributed by atoms with Gasteiger partial charge in [0.05, 0.1) is 0 Å². The summed E-state index contributed by atoms with van der Waals surface area (Å²) in [5.41, 5.74) is 7.11. The predicted molar refractivity (Wildman–Crippen MR) is 85.0 cm³/mol. The van der Waals surface area contributed by atoms with Gasteiger partial charge in [0.25, 0.3) is 0 Å². The molecule has 2 amide bonds. The van der Waals surface area contributed by atoms with Crippen molar-refractivity contribution >= 4 is 29.2 Å². The van der Waals surface area contributed by atoms with Crippen molar-refractivity contribution in [3.63, 3.8) is 0 Å². The molecule has 0 aromatic heterocycles. The quantitative estimate of drug-likeness (QED) is 0.338. The summed E-state index contributed by atoms with van der Waals surface area (Å²) in [5, 5.41) is 15.0.